The SMILES string of the molecule is CCl.CNC(=O)C1(NC=O)CCC(c2ccc(C)cc2)CC1.Clc1ccccc1. The van der Waals surface area contributed by atoms with Gasteiger partial charge in [0, 0.05) is 18.5 Å². The van der Waals surface area contributed by atoms with Crippen LogP contribution in [0.15, 0.2) is 54.6 Å². The topological polar surface area (TPSA) is 58.2 Å². The Bertz CT molecular complexity index is 728. The molecule has 0 spiro atoms. The zero-order valence-electron chi connectivity index (χ0n) is 17.3. The molecule has 0 saturated heterocycles. The van der Waals surface area contributed by atoms with Gasteiger partial charge >= 0.3 is 0 Å². The lowest BCUT2D eigenvalue weighted by Gasteiger charge is -2.38. The van der Waals surface area contributed by atoms with Gasteiger partial charge in [-0.25, -0.2) is 0 Å². The molecule has 29 heavy (non-hydrogen) atoms. The molecule has 2 aromatic carbocycles. The molecule has 1 fully saturated rings. The van der Waals surface area contributed by atoms with Gasteiger partial charge < -0.3 is 10.6 Å². The van der Waals surface area contributed by atoms with E-state index in [1.54, 1.807) is 7.05 Å². The Balaban J connectivity index is 0.000000390. The third kappa shape index (κ3) is 7.71. The molecule has 0 radical (unpaired) electrons. The van der Waals surface area contributed by atoms with Crippen molar-refractivity contribution >= 4 is 35.5 Å². The number of benzene rings is 2. The molecular formula is C23H30Cl2N2O2. The molecular weight excluding hydrogens is 407 g/mol. The number of likely N-dealkylation sites (N-methyl/N-ethyl adjacent to an activating group) is 1. The Morgan fingerprint density at radius 1 is 1.03 bits per heavy atom. The monoisotopic (exact) mass is 436 g/mol. The molecule has 0 bridgehead atoms. The van der Waals surface area contributed by atoms with Crippen LogP contribution in [0.1, 0.15) is 42.7 Å². The number of aryl methyl sites for hydroxylation is 1. The Kier molecular flexibility index (Phi) is 11.4. The molecule has 158 valence electrons. The van der Waals surface area contributed by atoms with Crippen molar-refractivity contribution in [3.8, 4) is 0 Å². The van der Waals surface area contributed by atoms with Crippen molar-refractivity contribution in [2.45, 2.75) is 44.1 Å². The molecule has 6 heteroatoms. The number of hydrogen-bond acceptors (Lipinski definition) is 2. The molecule has 2 N–H and O–H groups in total. The maximum absolute atomic E-state index is 12.0. The highest BCUT2D eigenvalue weighted by Crippen LogP contribution is 2.38. The Labute approximate surface area is 184 Å². The molecule has 0 aromatic heterocycles. The standard InChI is InChI=1S/C16H22N2O2.C6H5Cl.CH3Cl/c1-12-3-5-13(6-4-12)14-7-9-16(10-8-14,18-11-19)15(20)17-2;7-6-4-2-1-3-5-6;1-2/h3-6,11,14H,7-10H2,1-2H3,(H,17,20)(H,18,19);1-5H;1H3. The minimum atomic E-state index is -0.725. The van der Waals surface area contributed by atoms with Gasteiger partial charge in [-0.3, -0.25) is 9.59 Å². The lowest BCUT2D eigenvalue weighted by Crippen LogP contribution is -2.57. The summed E-state index contributed by atoms with van der Waals surface area (Å²) in [5, 5.41) is 6.19. The normalized spacial score (nSPS) is 20.1. The van der Waals surface area contributed by atoms with Crippen LogP contribution in [0.5, 0.6) is 0 Å². The second-order valence-corrected chi connectivity index (χ2v) is 7.34. The number of carbonyl (C=O) groups excluding carboxylic acids is 2. The first-order chi connectivity index (χ1) is 14.0. The molecule has 0 heterocycles. The summed E-state index contributed by atoms with van der Waals surface area (Å²) in [7, 11) is 1.61. The van der Waals surface area contributed by atoms with Gasteiger partial charge in [0.2, 0.25) is 12.3 Å². The highest BCUT2D eigenvalue weighted by atomic mass is 35.5. The van der Waals surface area contributed by atoms with Crippen LogP contribution < -0.4 is 10.6 Å². The minimum absolute atomic E-state index is 0.0908. The summed E-state index contributed by atoms with van der Waals surface area (Å²) in [6.07, 6.45) is 5.31. The van der Waals surface area contributed by atoms with Crippen molar-refractivity contribution in [3.05, 3.63) is 70.7 Å². The average Bonchev–Trinajstić information content (AvgIpc) is 2.77. The van der Waals surface area contributed by atoms with Crippen molar-refractivity contribution in [3.63, 3.8) is 0 Å². The molecule has 0 aliphatic heterocycles. The lowest BCUT2D eigenvalue weighted by molar-refractivity contribution is -0.131. The zero-order chi connectivity index (χ0) is 21.7. The third-order valence-corrected chi connectivity index (χ3v) is 5.37. The van der Waals surface area contributed by atoms with Gasteiger partial charge in [-0.2, -0.15) is 0 Å². The number of halogens is 2. The maximum atomic E-state index is 12.0. The van der Waals surface area contributed by atoms with Crippen molar-refractivity contribution in [1.29, 1.82) is 0 Å². The first-order valence-corrected chi connectivity index (χ1v) is 10.7. The summed E-state index contributed by atoms with van der Waals surface area (Å²) < 4.78 is 0. The van der Waals surface area contributed by atoms with Crippen LogP contribution in [-0.2, 0) is 9.59 Å². The first-order valence-electron chi connectivity index (χ1n) is 9.59. The Morgan fingerprint density at radius 2 is 1.59 bits per heavy atom. The van der Waals surface area contributed by atoms with E-state index in [1.165, 1.54) is 17.5 Å². The fourth-order valence-electron chi connectivity index (χ4n) is 3.49. The molecule has 2 aromatic rings. The molecule has 0 unspecified atom stereocenters. The van der Waals surface area contributed by atoms with Crippen molar-refractivity contribution < 1.29 is 9.59 Å². The van der Waals surface area contributed by atoms with Crippen LogP contribution >= 0.6 is 23.2 Å². The van der Waals surface area contributed by atoms with Crippen LogP contribution in [0.25, 0.3) is 0 Å². The van der Waals surface area contributed by atoms with Crippen molar-refractivity contribution in [1.82, 2.24) is 10.6 Å². The Hall–Kier alpha value is -2.04. The van der Waals surface area contributed by atoms with Gasteiger partial charge in [0.05, 0.1) is 0 Å². The smallest absolute Gasteiger partial charge is 0.245 e. The van der Waals surface area contributed by atoms with Gasteiger partial charge in [0.1, 0.15) is 5.54 Å². The van der Waals surface area contributed by atoms with Gasteiger partial charge in [-0.1, -0.05) is 59.6 Å². The van der Waals surface area contributed by atoms with E-state index in [0.29, 0.717) is 25.2 Å². The number of carbonyl (C=O) groups is 2. The van der Waals surface area contributed by atoms with Crippen LogP contribution in [0, 0.1) is 6.92 Å². The summed E-state index contributed by atoms with van der Waals surface area (Å²) in [6, 6.07) is 18.0. The molecule has 0 atom stereocenters. The number of hydrogen-bond donors (Lipinski definition) is 2. The maximum Gasteiger partial charge on any atom is 0.245 e. The van der Waals surface area contributed by atoms with Gasteiger partial charge in [-0.15, -0.1) is 11.6 Å². The fraction of sp³-hybridized carbons (Fsp3) is 0.391. The zero-order valence-corrected chi connectivity index (χ0v) is 18.8. The number of nitrogens with one attached hydrogen (secondary N) is 2. The molecule has 1 saturated carbocycles. The largest absolute Gasteiger partial charge is 0.357 e. The van der Waals surface area contributed by atoms with Crippen LogP contribution in [0.3, 0.4) is 0 Å². The van der Waals surface area contributed by atoms with Crippen LogP contribution in [0.2, 0.25) is 5.02 Å². The lowest BCUT2D eigenvalue weighted by atomic mass is 9.73. The predicted molar refractivity (Wildman–Crippen MR) is 122 cm³/mol. The van der Waals surface area contributed by atoms with Crippen LogP contribution in [-0.4, -0.2) is 31.3 Å². The van der Waals surface area contributed by atoms with E-state index >= 15 is 0 Å². The molecule has 1 aliphatic rings. The molecule has 4 nitrogen and oxygen atoms in total. The van der Waals surface area contributed by atoms with Crippen molar-refractivity contribution in [2.75, 3.05) is 13.4 Å². The van der Waals surface area contributed by atoms with E-state index < -0.39 is 5.54 Å². The third-order valence-electron chi connectivity index (χ3n) is 5.12. The first kappa shape index (κ1) is 25.0. The summed E-state index contributed by atoms with van der Waals surface area (Å²) in [5.41, 5.74) is 1.86. The van der Waals surface area contributed by atoms with Gasteiger partial charge in [0.25, 0.3) is 0 Å². The van der Waals surface area contributed by atoms with E-state index in [4.69, 9.17) is 11.6 Å². The van der Waals surface area contributed by atoms with E-state index in [0.717, 1.165) is 17.9 Å². The van der Waals surface area contributed by atoms with Crippen molar-refractivity contribution in [2.24, 2.45) is 0 Å². The van der Waals surface area contributed by atoms with E-state index in [2.05, 4.69) is 53.4 Å². The van der Waals surface area contributed by atoms with Crippen LogP contribution in [0.4, 0.5) is 0 Å². The molecule has 3 rings (SSSR count). The summed E-state index contributed by atoms with van der Waals surface area (Å²) in [6.45, 7) is 2.08. The second kappa shape index (κ2) is 13.2. The average molecular weight is 437 g/mol. The summed E-state index contributed by atoms with van der Waals surface area (Å²) in [5.74, 6) is 0.383. The highest BCUT2D eigenvalue weighted by molar-refractivity contribution is 6.30. The van der Waals surface area contributed by atoms with E-state index in [9.17, 15) is 9.59 Å². The fourth-order valence-corrected chi connectivity index (χ4v) is 3.63. The van der Waals surface area contributed by atoms with Gasteiger partial charge in [-0.05, 0) is 56.2 Å². The number of alkyl halides is 1. The Morgan fingerprint density at radius 3 is 2.00 bits per heavy atom. The quantitative estimate of drug-likeness (QED) is 0.518. The van der Waals surface area contributed by atoms with Gasteiger partial charge in [0.15, 0.2) is 0 Å². The summed E-state index contributed by atoms with van der Waals surface area (Å²) in [4.78, 5) is 22.8. The molecule has 2 amide bonds. The predicted octanol–water partition coefficient (Wildman–Crippen LogP) is 5.08. The van der Waals surface area contributed by atoms with E-state index in [1.807, 2.05) is 30.3 Å². The van der Waals surface area contributed by atoms with E-state index in [-0.39, 0.29) is 5.91 Å². The number of amides is 2. The highest BCUT2D eigenvalue weighted by Gasteiger charge is 2.41. The molecule has 1 aliphatic carbocycles. The second-order valence-electron chi connectivity index (χ2n) is 6.90. The minimum Gasteiger partial charge on any atom is -0.357 e. The summed E-state index contributed by atoms with van der Waals surface area (Å²) >= 11 is 10.2. The number of rotatable bonds is 4.